The molecule has 7 nitrogen and oxygen atoms in total. The third-order valence-corrected chi connectivity index (χ3v) is 4.70. The molecule has 0 amide bonds. The van der Waals surface area contributed by atoms with E-state index in [-0.39, 0.29) is 24.6 Å². The summed E-state index contributed by atoms with van der Waals surface area (Å²) in [6, 6.07) is 15.1. The lowest BCUT2D eigenvalue weighted by Gasteiger charge is -2.12. The number of para-hydroxylation sites is 1. The van der Waals surface area contributed by atoms with Gasteiger partial charge in [0.05, 0.1) is 25.2 Å². The lowest BCUT2D eigenvalue weighted by molar-refractivity contribution is 0.184. The van der Waals surface area contributed by atoms with Crippen molar-refractivity contribution in [2.24, 2.45) is 0 Å². The number of nitrogens with zero attached hydrogens (tertiary/aromatic N) is 4. The summed E-state index contributed by atoms with van der Waals surface area (Å²) in [5.41, 5.74) is 1.09. The molecule has 0 atom stereocenters. The Morgan fingerprint density at radius 2 is 1.76 bits per heavy atom. The minimum atomic E-state index is -0.474. The Labute approximate surface area is 165 Å². The van der Waals surface area contributed by atoms with Gasteiger partial charge in [0.2, 0.25) is 0 Å². The van der Waals surface area contributed by atoms with Crippen molar-refractivity contribution in [2.45, 2.75) is 13.1 Å². The Kier molecular flexibility index (Phi) is 5.09. The molecule has 0 radical (unpaired) electrons. The second-order valence-corrected chi connectivity index (χ2v) is 6.57. The van der Waals surface area contributed by atoms with Crippen molar-refractivity contribution in [3.05, 3.63) is 93.1 Å². The monoisotopic (exact) mass is 394 g/mol. The Hall–Kier alpha value is -3.52. The van der Waals surface area contributed by atoms with E-state index in [1.165, 1.54) is 30.1 Å². The molecule has 0 saturated heterocycles. The molecule has 0 unspecified atom stereocenters. The van der Waals surface area contributed by atoms with Gasteiger partial charge < -0.3 is 9.30 Å². The van der Waals surface area contributed by atoms with E-state index < -0.39 is 11.2 Å². The summed E-state index contributed by atoms with van der Waals surface area (Å²) in [7, 11) is 1.51. The molecule has 0 aliphatic rings. The van der Waals surface area contributed by atoms with Gasteiger partial charge in [-0.25, -0.2) is 18.7 Å². The van der Waals surface area contributed by atoms with Crippen LogP contribution >= 0.6 is 0 Å². The fourth-order valence-electron chi connectivity index (χ4n) is 3.28. The zero-order chi connectivity index (χ0) is 20.4. The van der Waals surface area contributed by atoms with Crippen LogP contribution in [-0.2, 0) is 17.8 Å². The first-order chi connectivity index (χ1) is 14.1. The van der Waals surface area contributed by atoms with E-state index in [1.807, 2.05) is 18.2 Å². The van der Waals surface area contributed by atoms with Crippen molar-refractivity contribution in [3.8, 4) is 5.69 Å². The molecular weight excluding hydrogens is 375 g/mol. The second kappa shape index (κ2) is 7.84. The van der Waals surface area contributed by atoms with Crippen molar-refractivity contribution in [3.63, 3.8) is 0 Å². The standard InChI is InChI=1S/C21H19FN4O3/c1-29-12-11-25-20(27)18-19(26(21(25)28)17-5-3-2-4-6-17)23-14-24(18)13-15-7-9-16(22)10-8-15/h2-10,14H,11-13H2,1H3. The van der Waals surface area contributed by atoms with Gasteiger partial charge >= 0.3 is 5.69 Å². The Balaban J connectivity index is 1.95. The fourth-order valence-corrected chi connectivity index (χ4v) is 3.28. The predicted molar refractivity (Wildman–Crippen MR) is 107 cm³/mol. The lowest BCUT2D eigenvalue weighted by Crippen LogP contribution is -2.41. The molecule has 4 rings (SSSR count). The minimum absolute atomic E-state index is 0.124. The number of fused-ring (bicyclic) bond motifs is 1. The maximum absolute atomic E-state index is 13.2. The Bertz CT molecular complexity index is 1260. The molecule has 148 valence electrons. The van der Waals surface area contributed by atoms with Crippen molar-refractivity contribution in [1.29, 1.82) is 0 Å². The topological polar surface area (TPSA) is 71.1 Å². The zero-order valence-corrected chi connectivity index (χ0v) is 15.8. The van der Waals surface area contributed by atoms with E-state index >= 15 is 0 Å². The fraction of sp³-hybridized carbons (Fsp3) is 0.190. The lowest BCUT2D eigenvalue weighted by atomic mass is 10.2. The molecule has 0 saturated carbocycles. The highest BCUT2D eigenvalue weighted by Gasteiger charge is 2.19. The molecule has 2 aromatic heterocycles. The summed E-state index contributed by atoms with van der Waals surface area (Å²) in [5, 5.41) is 0. The second-order valence-electron chi connectivity index (χ2n) is 6.57. The normalized spacial score (nSPS) is 11.2. The van der Waals surface area contributed by atoms with E-state index in [0.717, 1.165) is 10.1 Å². The van der Waals surface area contributed by atoms with E-state index in [4.69, 9.17) is 4.74 Å². The molecule has 0 bridgehead atoms. The summed E-state index contributed by atoms with van der Waals surface area (Å²) >= 11 is 0. The molecule has 0 aliphatic carbocycles. The number of benzene rings is 2. The van der Waals surface area contributed by atoms with Gasteiger partial charge in [-0.15, -0.1) is 0 Å². The van der Waals surface area contributed by atoms with Crippen LogP contribution in [0.2, 0.25) is 0 Å². The first-order valence-electron chi connectivity index (χ1n) is 9.09. The van der Waals surface area contributed by atoms with Crippen LogP contribution in [0, 0.1) is 5.82 Å². The number of halogens is 1. The first-order valence-corrected chi connectivity index (χ1v) is 9.09. The molecule has 29 heavy (non-hydrogen) atoms. The molecular formula is C21H19FN4O3. The molecule has 8 heteroatoms. The number of hydrogen-bond acceptors (Lipinski definition) is 4. The maximum atomic E-state index is 13.2. The SMILES string of the molecule is COCCn1c(=O)c2c(ncn2Cc2ccc(F)cc2)n(-c2ccccc2)c1=O. The average molecular weight is 394 g/mol. The van der Waals surface area contributed by atoms with Crippen LogP contribution in [0.4, 0.5) is 4.39 Å². The van der Waals surface area contributed by atoms with Gasteiger partial charge in [0.25, 0.3) is 5.56 Å². The van der Waals surface area contributed by atoms with Crippen molar-refractivity contribution in [2.75, 3.05) is 13.7 Å². The van der Waals surface area contributed by atoms with E-state index in [9.17, 15) is 14.0 Å². The average Bonchev–Trinajstić information content (AvgIpc) is 3.14. The highest BCUT2D eigenvalue weighted by molar-refractivity contribution is 5.72. The Morgan fingerprint density at radius 3 is 2.45 bits per heavy atom. The van der Waals surface area contributed by atoms with Gasteiger partial charge in [0, 0.05) is 13.7 Å². The van der Waals surface area contributed by atoms with Crippen LogP contribution in [0.1, 0.15) is 5.56 Å². The van der Waals surface area contributed by atoms with Gasteiger partial charge in [-0.1, -0.05) is 30.3 Å². The molecule has 2 heterocycles. The van der Waals surface area contributed by atoms with E-state index in [0.29, 0.717) is 17.7 Å². The molecule has 0 N–H and O–H groups in total. The summed E-state index contributed by atoms with van der Waals surface area (Å²) in [6.07, 6.45) is 1.52. The molecule has 0 aliphatic heterocycles. The third kappa shape index (κ3) is 3.50. The number of ether oxygens (including phenoxy) is 1. The minimum Gasteiger partial charge on any atom is -0.383 e. The van der Waals surface area contributed by atoms with Crippen LogP contribution < -0.4 is 11.2 Å². The summed E-state index contributed by atoms with van der Waals surface area (Å²) in [5.74, 6) is -0.330. The Morgan fingerprint density at radius 1 is 1.03 bits per heavy atom. The number of rotatable bonds is 6. The maximum Gasteiger partial charge on any atom is 0.337 e. The number of methoxy groups -OCH3 is 1. The molecule has 4 aromatic rings. The van der Waals surface area contributed by atoms with Gasteiger partial charge in [-0.05, 0) is 29.8 Å². The van der Waals surface area contributed by atoms with Gasteiger partial charge in [0.15, 0.2) is 11.2 Å². The van der Waals surface area contributed by atoms with Gasteiger partial charge in [-0.2, -0.15) is 0 Å². The van der Waals surface area contributed by atoms with Crippen LogP contribution in [0.3, 0.4) is 0 Å². The van der Waals surface area contributed by atoms with Crippen LogP contribution in [0.25, 0.3) is 16.9 Å². The highest BCUT2D eigenvalue weighted by atomic mass is 19.1. The van der Waals surface area contributed by atoms with Crippen molar-refractivity contribution >= 4 is 11.2 Å². The molecule has 2 aromatic carbocycles. The van der Waals surface area contributed by atoms with Crippen LogP contribution in [-0.4, -0.2) is 32.4 Å². The molecule has 0 fully saturated rings. The summed E-state index contributed by atoms with van der Waals surface area (Å²) in [6.45, 7) is 0.670. The highest BCUT2D eigenvalue weighted by Crippen LogP contribution is 2.14. The van der Waals surface area contributed by atoms with Gasteiger partial charge in [-0.3, -0.25) is 9.36 Å². The summed E-state index contributed by atoms with van der Waals surface area (Å²) < 4.78 is 22.5. The smallest absolute Gasteiger partial charge is 0.337 e. The third-order valence-electron chi connectivity index (χ3n) is 4.70. The predicted octanol–water partition coefficient (Wildman–Crippen LogP) is 2.18. The van der Waals surface area contributed by atoms with E-state index in [1.54, 1.807) is 28.8 Å². The quantitative estimate of drug-likeness (QED) is 0.503. The van der Waals surface area contributed by atoms with Gasteiger partial charge in [0.1, 0.15) is 5.82 Å². The van der Waals surface area contributed by atoms with E-state index in [2.05, 4.69) is 4.98 Å². The first kappa shape index (κ1) is 18.8. The zero-order valence-electron chi connectivity index (χ0n) is 15.8. The number of aromatic nitrogens is 4. The largest absolute Gasteiger partial charge is 0.383 e. The summed E-state index contributed by atoms with van der Waals surface area (Å²) in [4.78, 5) is 30.6. The van der Waals surface area contributed by atoms with Crippen LogP contribution in [0.5, 0.6) is 0 Å². The van der Waals surface area contributed by atoms with Crippen LogP contribution in [0.15, 0.2) is 70.5 Å². The van der Waals surface area contributed by atoms with Crippen molar-refractivity contribution < 1.29 is 9.13 Å². The van der Waals surface area contributed by atoms with Crippen molar-refractivity contribution in [1.82, 2.24) is 18.7 Å². The number of hydrogen-bond donors (Lipinski definition) is 0. The molecule has 0 spiro atoms. The number of imidazole rings is 1.